The van der Waals surface area contributed by atoms with E-state index < -0.39 is 10.0 Å². The highest BCUT2D eigenvalue weighted by molar-refractivity contribution is 7.92. The van der Waals surface area contributed by atoms with Crippen molar-refractivity contribution in [2.45, 2.75) is 18.7 Å². The standard InChI is InChI=1S/C14H14N4O2S/c1-10-3-6-12(7-4-10)21(19,20)17-18-14-9-11(2)5-8-13(14)15-16-18/h3-9,17H,1-2H3. The molecule has 2 aromatic carbocycles. The van der Waals surface area contributed by atoms with Gasteiger partial charge in [0.2, 0.25) is 0 Å². The summed E-state index contributed by atoms with van der Waals surface area (Å²) in [6.45, 7) is 3.82. The fourth-order valence-electron chi connectivity index (χ4n) is 1.98. The molecule has 0 unspecified atom stereocenters. The highest BCUT2D eigenvalue weighted by Gasteiger charge is 2.16. The second-order valence-electron chi connectivity index (χ2n) is 4.90. The zero-order chi connectivity index (χ0) is 15.0. The molecule has 0 amide bonds. The maximum Gasteiger partial charge on any atom is 0.276 e. The van der Waals surface area contributed by atoms with E-state index in [9.17, 15) is 8.42 Å². The van der Waals surface area contributed by atoms with Crippen molar-refractivity contribution < 1.29 is 8.42 Å². The second kappa shape index (κ2) is 4.85. The van der Waals surface area contributed by atoms with Crippen LogP contribution in [0.3, 0.4) is 0 Å². The Hall–Kier alpha value is -2.41. The Labute approximate surface area is 122 Å². The first kappa shape index (κ1) is 13.6. The van der Waals surface area contributed by atoms with Crippen LogP contribution in [0.2, 0.25) is 0 Å². The first-order valence-electron chi connectivity index (χ1n) is 6.37. The van der Waals surface area contributed by atoms with Gasteiger partial charge in [-0.05, 0) is 48.9 Å². The molecule has 0 aliphatic rings. The van der Waals surface area contributed by atoms with E-state index in [1.54, 1.807) is 30.3 Å². The number of rotatable bonds is 3. The van der Waals surface area contributed by atoms with Crippen LogP contribution in [0.1, 0.15) is 11.1 Å². The minimum absolute atomic E-state index is 0.185. The van der Waals surface area contributed by atoms with Crippen molar-refractivity contribution in [3.8, 4) is 0 Å². The van der Waals surface area contributed by atoms with Gasteiger partial charge in [-0.2, -0.15) is 13.2 Å². The average Bonchev–Trinajstić information content (AvgIpc) is 2.81. The lowest BCUT2D eigenvalue weighted by Gasteiger charge is -2.08. The van der Waals surface area contributed by atoms with E-state index in [0.717, 1.165) is 11.1 Å². The van der Waals surface area contributed by atoms with Gasteiger partial charge in [0.25, 0.3) is 10.0 Å². The zero-order valence-corrected chi connectivity index (χ0v) is 12.4. The Balaban J connectivity index is 2.01. The molecule has 0 saturated carbocycles. The third-order valence-corrected chi connectivity index (χ3v) is 4.44. The number of fused-ring (bicyclic) bond motifs is 1. The summed E-state index contributed by atoms with van der Waals surface area (Å²) in [5.41, 5.74) is 3.24. The molecule has 108 valence electrons. The molecule has 3 rings (SSSR count). The average molecular weight is 302 g/mol. The Bertz CT molecular complexity index is 898. The van der Waals surface area contributed by atoms with Gasteiger partial charge in [-0.1, -0.05) is 23.8 Å². The molecule has 0 fully saturated rings. The fraction of sp³-hybridized carbons (Fsp3) is 0.143. The molecular formula is C14H14N4O2S. The summed E-state index contributed by atoms with van der Waals surface area (Å²) >= 11 is 0. The third-order valence-electron chi connectivity index (χ3n) is 3.14. The molecule has 0 spiro atoms. The molecule has 0 radical (unpaired) electrons. The van der Waals surface area contributed by atoms with Gasteiger partial charge in [0.05, 0.1) is 4.90 Å². The molecule has 1 N–H and O–H groups in total. The van der Waals surface area contributed by atoms with Crippen LogP contribution in [-0.4, -0.2) is 23.5 Å². The van der Waals surface area contributed by atoms with E-state index >= 15 is 0 Å². The van der Waals surface area contributed by atoms with Crippen LogP contribution in [0, 0.1) is 13.8 Å². The molecule has 21 heavy (non-hydrogen) atoms. The number of nitrogens with zero attached hydrogens (tertiary/aromatic N) is 3. The van der Waals surface area contributed by atoms with Crippen LogP contribution >= 0.6 is 0 Å². The Morgan fingerprint density at radius 3 is 2.38 bits per heavy atom. The van der Waals surface area contributed by atoms with Gasteiger partial charge in [-0.15, -0.1) is 9.89 Å². The van der Waals surface area contributed by atoms with Crippen molar-refractivity contribution >= 4 is 21.1 Å². The van der Waals surface area contributed by atoms with E-state index in [0.29, 0.717) is 11.0 Å². The van der Waals surface area contributed by atoms with E-state index in [1.165, 1.54) is 4.79 Å². The van der Waals surface area contributed by atoms with Crippen molar-refractivity contribution in [1.82, 2.24) is 15.1 Å². The van der Waals surface area contributed by atoms with Crippen molar-refractivity contribution in [2.75, 3.05) is 4.83 Å². The molecule has 3 aromatic rings. The molecular weight excluding hydrogens is 288 g/mol. The summed E-state index contributed by atoms with van der Waals surface area (Å²) in [4.78, 5) is 3.78. The maximum absolute atomic E-state index is 12.3. The van der Waals surface area contributed by atoms with Gasteiger partial charge in [0.15, 0.2) is 0 Å². The number of sulfonamides is 1. The predicted molar refractivity (Wildman–Crippen MR) is 80.0 cm³/mol. The molecule has 0 atom stereocenters. The lowest BCUT2D eigenvalue weighted by Crippen LogP contribution is -2.24. The van der Waals surface area contributed by atoms with Gasteiger partial charge in [-0.25, -0.2) is 0 Å². The molecule has 1 aromatic heterocycles. The molecule has 0 aliphatic carbocycles. The van der Waals surface area contributed by atoms with Gasteiger partial charge >= 0.3 is 0 Å². The van der Waals surface area contributed by atoms with Crippen molar-refractivity contribution in [3.05, 3.63) is 53.6 Å². The molecule has 0 saturated heterocycles. The highest BCUT2D eigenvalue weighted by atomic mass is 32.2. The minimum atomic E-state index is -3.69. The summed E-state index contributed by atoms with van der Waals surface area (Å²) in [7, 11) is -3.69. The molecule has 0 bridgehead atoms. The van der Waals surface area contributed by atoms with Gasteiger partial charge < -0.3 is 0 Å². The fourth-order valence-corrected chi connectivity index (χ4v) is 2.94. The quantitative estimate of drug-likeness (QED) is 0.802. The van der Waals surface area contributed by atoms with Crippen LogP contribution in [0.4, 0.5) is 0 Å². The first-order chi connectivity index (χ1) is 9.95. The summed E-state index contributed by atoms with van der Waals surface area (Å²) in [6.07, 6.45) is 0. The molecule has 7 heteroatoms. The lowest BCUT2D eigenvalue weighted by atomic mass is 10.2. The maximum atomic E-state index is 12.3. The Morgan fingerprint density at radius 2 is 1.67 bits per heavy atom. The summed E-state index contributed by atoms with van der Waals surface area (Å²) in [5, 5.41) is 7.78. The van der Waals surface area contributed by atoms with Crippen LogP contribution < -0.4 is 4.83 Å². The van der Waals surface area contributed by atoms with Crippen molar-refractivity contribution in [3.63, 3.8) is 0 Å². The SMILES string of the molecule is Cc1ccc(S(=O)(=O)Nn2nnc3ccc(C)cc32)cc1. The van der Waals surface area contributed by atoms with Crippen molar-refractivity contribution in [2.24, 2.45) is 0 Å². The van der Waals surface area contributed by atoms with Gasteiger partial charge in [0.1, 0.15) is 11.0 Å². The zero-order valence-electron chi connectivity index (χ0n) is 11.6. The predicted octanol–water partition coefficient (Wildman–Crippen LogP) is 1.98. The monoisotopic (exact) mass is 302 g/mol. The van der Waals surface area contributed by atoms with Crippen molar-refractivity contribution in [1.29, 1.82) is 0 Å². The first-order valence-corrected chi connectivity index (χ1v) is 7.85. The second-order valence-corrected chi connectivity index (χ2v) is 6.56. The number of aryl methyl sites for hydroxylation is 2. The summed E-state index contributed by atoms with van der Waals surface area (Å²) < 4.78 is 24.7. The normalized spacial score (nSPS) is 11.7. The van der Waals surface area contributed by atoms with Crippen LogP contribution in [0.5, 0.6) is 0 Å². The number of hydrogen-bond donors (Lipinski definition) is 1. The smallest absolute Gasteiger partial charge is 0.200 e. The Kier molecular flexibility index (Phi) is 3.13. The topological polar surface area (TPSA) is 76.9 Å². The molecule has 1 heterocycles. The molecule has 6 nitrogen and oxygen atoms in total. The highest BCUT2D eigenvalue weighted by Crippen LogP contribution is 2.15. The number of hydrogen-bond acceptors (Lipinski definition) is 4. The third kappa shape index (κ3) is 2.59. The number of aromatic nitrogens is 3. The van der Waals surface area contributed by atoms with E-state index in [2.05, 4.69) is 15.1 Å². The van der Waals surface area contributed by atoms with E-state index in [-0.39, 0.29) is 4.90 Å². The lowest BCUT2D eigenvalue weighted by molar-refractivity contribution is 0.591. The minimum Gasteiger partial charge on any atom is -0.200 e. The van der Waals surface area contributed by atoms with E-state index in [4.69, 9.17) is 0 Å². The van der Waals surface area contributed by atoms with Crippen LogP contribution in [0.15, 0.2) is 47.4 Å². The van der Waals surface area contributed by atoms with Crippen LogP contribution in [0.25, 0.3) is 11.0 Å². The molecule has 0 aliphatic heterocycles. The Morgan fingerprint density at radius 1 is 1.00 bits per heavy atom. The summed E-state index contributed by atoms with van der Waals surface area (Å²) in [6, 6.07) is 12.1. The van der Waals surface area contributed by atoms with E-state index in [1.807, 2.05) is 26.0 Å². The van der Waals surface area contributed by atoms with Gasteiger partial charge in [0, 0.05) is 0 Å². The number of nitrogens with one attached hydrogen (secondary N) is 1. The largest absolute Gasteiger partial charge is 0.276 e. The number of benzene rings is 2. The van der Waals surface area contributed by atoms with Crippen LogP contribution in [-0.2, 0) is 10.0 Å². The van der Waals surface area contributed by atoms with Gasteiger partial charge in [-0.3, -0.25) is 0 Å². The summed E-state index contributed by atoms with van der Waals surface area (Å²) in [5.74, 6) is 0.